The molecule has 0 radical (unpaired) electrons. The summed E-state index contributed by atoms with van der Waals surface area (Å²) in [4.78, 5) is 0. The predicted octanol–water partition coefficient (Wildman–Crippen LogP) is 1.58. The van der Waals surface area contributed by atoms with Crippen molar-refractivity contribution in [1.29, 1.82) is 0 Å². The van der Waals surface area contributed by atoms with Gasteiger partial charge >= 0.3 is 0 Å². The number of rotatable bonds is 7. The first-order valence-electron chi connectivity index (χ1n) is 5.13. The van der Waals surface area contributed by atoms with E-state index in [0.29, 0.717) is 22.4 Å². The molecule has 1 aromatic carbocycles. The fourth-order valence-corrected chi connectivity index (χ4v) is 1.72. The third-order valence-electron chi connectivity index (χ3n) is 2.01. The second-order valence-corrected chi connectivity index (χ2v) is 4.07. The summed E-state index contributed by atoms with van der Waals surface area (Å²) in [5.74, 6) is 0.561. The van der Waals surface area contributed by atoms with Crippen LogP contribution >= 0.6 is 23.2 Å². The van der Waals surface area contributed by atoms with Crippen molar-refractivity contribution < 1.29 is 14.8 Å². The summed E-state index contributed by atoms with van der Waals surface area (Å²) < 4.78 is 10.4. The van der Waals surface area contributed by atoms with Crippen molar-refractivity contribution in [2.24, 2.45) is 0 Å². The number of hydrogen-bond acceptors (Lipinski definition) is 2. The van der Waals surface area contributed by atoms with Gasteiger partial charge in [-0.1, -0.05) is 29.3 Å². The molecule has 0 aliphatic rings. The summed E-state index contributed by atoms with van der Waals surface area (Å²) in [5.41, 5.74) is 0. The molecule has 0 heterocycles. The van der Waals surface area contributed by atoms with E-state index in [2.05, 4.69) is 5.32 Å². The summed E-state index contributed by atoms with van der Waals surface area (Å²) >= 11 is 11.9. The minimum Gasteiger partial charge on any atom is -0.485 e. The quantitative estimate of drug-likeness (QED) is 0.760. The Balaban J connectivity index is 2.26. The molecule has 0 saturated heterocycles. The number of halogens is 2. The molecule has 0 unspecified atom stereocenters. The maximum atomic E-state index is 5.95. The average Bonchev–Trinajstić information content (AvgIpc) is 2.26. The molecule has 90 valence electrons. The van der Waals surface area contributed by atoms with Crippen LogP contribution in [-0.4, -0.2) is 33.4 Å². The highest BCUT2D eigenvalue weighted by Crippen LogP contribution is 2.31. The number of methoxy groups -OCH3 is 1. The van der Waals surface area contributed by atoms with Gasteiger partial charge in [0.2, 0.25) is 0 Å². The first-order chi connectivity index (χ1) is 7.75. The van der Waals surface area contributed by atoms with Gasteiger partial charge < -0.3 is 14.8 Å². The van der Waals surface area contributed by atoms with Crippen LogP contribution in [0.3, 0.4) is 0 Å². The van der Waals surface area contributed by atoms with Crippen LogP contribution in [0.25, 0.3) is 0 Å². The average molecular weight is 265 g/mol. The molecular formula is C11H16Cl2NO2+. The van der Waals surface area contributed by atoms with Crippen LogP contribution in [0.15, 0.2) is 18.2 Å². The van der Waals surface area contributed by atoms with E-state index in [4.69, 9.17) is 32.7 Å². The van der Waals surface area contributed by atoms with Crippen LogP contribution in [0.5, 0.6) is 5.75 Å². The Hall–Kier alpha value is -0.480. The van der Waals surface area contributed by atoms with Crippen LogP contribution in [0.1, 0.15) is 0 Å². The van der Waals surface area contributed by atoms with Gasteiger partial charge in [-0.3, -0.25) is 0 Å². The molecule has 0 aliphatic heterocycles. The standard InChI is InChI=1S/C11H15Cl2NO2/c1-15-7-5-14-6-8-16-11-9(12)3-2-4-10(11)13/h2-4,14H,5-8H2,1H3/p+1. The van der Waals surface area contributed by atoms with Crippen molar-refractivity contribution in [1.82, 2.24) is 0 Å². The Bertz CT molecular complexity index is 301. The molecule has 0 amide bonds. The smallest absolute Gasteiger partial charge is 0.156 e. The van der Waals surface area contributed by atoms with Crippen LogP contribution in [0, 0.1) is 0 Å². The summed E-state index contributed by atoms with van der Waals surface area (Å²) in [6.07, 6.45) is 0. The Kier molecular flexibility index (Phi) is 6.57. The van der Waals surface area contributed by atoms with Crippen LogP contribution in [0.4, 0.5) is 0 Å². The van der Waals surface area contributed by atoms with E-state index >= 15 is 0 Å². The van der Waals surface area contributed by atoms with Crippen molar-refractivity contribution in [3.05, 3.63) is 28.2 Å². The van der Waals surface area contributed by atoms with E-state index in [0.717, 1.165) is 19.7 Å². The molecular weight excluding hydrogens is 249 g/mol. The number of nitrogens with two attached hydrogens (primary N) is 1. The van der Waals surface area contributed by atoms with Gasteiger partial charge in [0.25, 0.3) is 0 Å². The zero-order valence-corrected chi connectivity index (χ0v) is 10.7. The lowest BCUT2D eigenvalue weighted by Crippen LogP contribution is -2.86. The molecule has 0 fully saturated rings. The second kappa shape index (κ2) is 7.74. The highest BCUT2D eigenvalue weighted by atomic mass is 35.5. The Labute approximate surface area is 106 Å². The molecule has 16 heavy (non-hydrogen) atoms. The molecule has 0 atom stereocenters. The molecule has 1 aromatic rings. The number of benzene rings is 1. The Morgan fingerprint density at radius 1 is 1.12 bits per heavy atom. The largest absolute Gasteiger partial charge is 0.485 e. The maximum absolute atomic E-state index is 5.95. The lowest BCUT2D eigenvalue weighted by molar-refractivity contribution is -0.656. The van der Waals surface area contributed by atoms with Crippen LogP contribution < -0.4 is 10.1 Å². The normalized spacial score (nSPS) is 10.4. The van der Waals surface area contributed by atoms with E-state index in [1.807, 2.05) is 0 Å². The van der Waals surface area contributed by atoms with Crippen molar-refractivity contribution in [3.63, 3.8) is 0 Å². The lowest BCUT2D eigenvalue weighted by Gasteiger charge is -2.08. The third kappa shape index (κ3) is 4.58. The third-order valence-corrected chi connectivity index (χ3v) is 2.61. The summed E-state index contributed by atoms with van der Waals surface area (Å²) in [7, 11) is 1.69. The van der Waals surface area contributed by atoms with Crippen molar-refractivity contribution in [2.45, 2.75) is 0 Å². The van der Waals surface area contributed by atoms with Gasteiger partial charge in [0, 0.05) is 7.11 Å². The molecule has 0 aromatic heterocycles. The van der Waals surface area contributed by atoms with E-state index in [-0.39, 0.29) is 0 Å². The summed E-state index contributed by atoms with van der Waals surface area (Å²) in [6.45, 7) is 3.10. The van der Waals surface area contributed by atoms with E-state index in [1.54, 1.807) is 25.3 Å². The predicted molar refractivity (Wildman–Crippen MR) is 65.5 cm³/mol. The molecule has 5 heteroatoms. The topological polar surface area (TPSA) is 35.1 Å². The van der Waals surface area contributed by atoms with Gasteiger partial charge in [-0.05, 0) is 12.1 Å². The van der Waals surface area contributed by atoms with Crippen LogP contribution in [0.2, 0.25) is 10.0 Å². The molecule has 1 rings (SSSR count). The Morgan fingerprint density at radius 2 is 1.75 bits per heavy atom. The number of hydrogen-bond donors (Lipinski definition) is 1. The maximum Gasteiger partial charge on any atom is 0.156 e. The number of quaternary nitrogens is 1. The number of ether oxygens (including phenoxy) is 2. The highest BCUT2D eigenvalue weighted by Gasteiger charge is 2.06. The second-order valence-electron chi connectivity index (χ2n) is 3.26. The molecule has 2 N–H and O–H groups in total. The van der Waals surface area contributed by atoms with E-state index < -0.39 is 0 Å². The molecule has 0 saturated carbocycles. The molecule has 0 bridgehead atoms. The monoisotopic (exact) mass is 264 g/mol. The van der Waals surface area contributed by atoms with Gasteiger partial charge in [0.15, 0.2) is 5.75 Å². The molecule has 0 aliphatic carbocycles. The van der Waals surface area contributed by atoms with Gasteiger partial charge in [0.1, 0.15) is 13.2 Å². The van der Waals surface area contributed by atoms with Gasteiger partial charge in [-0.25, -0.2) is 0 Å². The fourth-order valence-electron chi connectivity index (χ4n) is 1.21. The van der Waals surface area contributed by atoms with Crippen molar-refractivity contribution in [2.75, 3.05) is 33.4 Å². The lowest BCUT2D eigenvalue weighted by atomic mass is 10.3. The van der Waals surface area contributed by atoms with Gasteiger partial charge in [0.05, 0.1) is 23.2 Å². The number of para-hydroxylation sites is 1. The van der Waals surface area contributed by atoms with E-state index in [9.17, 15) is 0 Å². The first kappa shape index (κ1) is 13.6. The minimum atomic E-state index is 0.546. The molecule has 0 spiro atoms. The molecule has 3 nitrogen and oxygen atoms in total. The zero-order valence-electron chi connectivity index (χ0n) is 9.21. The first-order valence-corrected chi connectivity index (χ1v) is 5.88. The highest BCUT2D eigenvalue weighted by molar-refractivity contribution is 6.37. The summed E-state index contributed by atoms with van der Waals surface area (Å²) in [6, 6.07) is 5.32. The SMILES string of the molecule is COCC[NH2+]CCOc1c(Cl)cccc1Cl. The van der Waals surface area contributed by atoms with Crippen molar-refractivity contribution >= 4 is 23.2 Å². The fraction of sp³-hybridized carbons (Fsp3) is 0.455. The zero-order chi connectivity index (χ0) is 11.8. The van der Waals surface area contributed by atoms with Crippen LogP contribution in [-0.2, 0) is 4.74 Å². The van der Waals surface area contributed by atoms with Gasteiger partial charge in [-0.15, -0.1) is 0 Å². The van der Waals surface area contributed by atoms with E-state index in [1.165, 1.54) is 0 Å². The minimum absolute atomic E-state index is 0.546. The Morgan fingerprint density at radius 3 is 2.38 bits per heavy atom. The summed E-state index contributed by atoms with van der Waals surface area (Å²) in [5, 5.41) is 3.21. The van der Waals surface area contributed by atoms with Gasteiger partial charge in [-0.2, -0.15) is 0 Å². The van der Waals surface area contributed by atoms with Crippen molar-refractivity contribution in [3.8, 4) is 5.75 Å².